The molecule has 8 heteroatoms. The summed E-state index contributed by atoms with van der Waals surface area (Å²) in [6.45, 7) is 5.99. The number of thioether (sulfide) groups is 1. The van der Waals surface area contributed by atoms with Crippen LogP contribution in [-0.4, -0.2) is 41.1 Å². The first-order chi connectivity index (χ1) is 16.0. The summed E-state index contributed by atoms with van der Waals surface area (Å²) < 4.78 is 13.1. The van der Waals surface area contributed by atoms with Gasteiger partial charge in [0.25, 0.3) is 0 Å². The number of ether oxygens (including phenoxy) is 2. The summed E-state index contributed by atoms with van der Waals surface area (Å²) in [6.07, 6.45) is 1.88. The molecule has 0 saturated heterocycles. The van der Waals surface area contributed by atoms with Gasteiger partial charge in [0.2, 0.25) is 5.78 Å². The van der Waals surface area contributed by atoms with E-state index < -0.39 is 5.97 Å². The highest BCUT2D eigenvalue weighted by Gasteiger charge is 2.30. The Bertz CT molecular complexity index is 1350. The van der Waals surface area contributed by atoms with E-state index in [2.05, 4.69) is 0 Å². The maximum atomic E-state index is 13.5. The summed E-state index contributed by atoms with van der Waals surface area (Å²) in [5, 5.41) is 0.560. The van der Waals surface area contributed by atoms with Crippen LogP contribution >= 0.6 is 23.1 Å². The topological polar surface area (TPSA) is 74.1 Å². The Hall–Kier alpha value is -3.10. The van der Waals surface area contributed by atoms with Crippen LogP contribution < -0.4 is 0 Å². The quantitative estimate of drug-likeness (QED) is 0.187. The van der Waals surface area contributed by atoms with Crippen molar-refractivity contribution in [1.82, 2.24) is 4.40 Å². The number of carbonyl (C=O) groups excluding carboxylic acids is 3. The van der Waals surface area contributed by atoms with Gasteiger partial charge >= 0.3 is 11.9 Å². The van der Waals surface area contributed by atoms with Crippen LogP contribution in [0.3, 0.4) is 0 Å². The smallest absolute Gasteiger partial charge is 0.341 e. The highest BCUT2D eigenvalue weighted by atomic mass is 32.2. The number of hydrogen-bond acceptors (Lipinski definition) is 7. The van der Waals surface area contributed by atoms with E-state index >= 15 is 0 Å². The number of pyridine rings is 1. The Balaban J connectivity index is 1.99. The van der Waals surface area contributed by atoms with E-state index in [0.29, 0.717) is 33.5 Å². The Labute approximate surface area is 199 Å². The minimum Gasteiger partial charge on any atom is -0.465 e. The van der Waals surface area contributed by atoms with Crippen molar-refractivity contribution < 1.29 is 23.9 Å². The molecular weight excluding hydrogens is 458 g/mol. The highest BCUT2D eigenvalue weighted by Crippen LogP contribution is 2.44. The molecule has 6 nitrogen and oxygen atoms in total. The zero-order valence-electron chi connectivity index (χ0n) is 18.5. The second kappa shape index (κ2) is 9.80. The molecule has 0 aliphatic heterocycles. The Kier molecular flexibility index (Phi) is 6.85. The van der Waals surface area contributed by atoms with Crippen LogP contribution in [0.4, 0.5) is 0 Å². The van der Waals surface area contributed by atoms with Crippen LogP contribution in [-0.2, 0) is 14.3 Å². The Morgan fingerprint density at radius 1 is 1.03 bits per heavy atom. The van der Waals surface area contributed by atoms with E-state index in [1.807, 2.05) is 35.7 Å². The number of rotatable bonds is 8. The van der Waals surface area contributed by atoms with E-state index in [9.17, 15) is 14.4 Å². The van der Waals surface area contributed by atoms with E-state index in [-0.39, 0.29) is 24.1 Å². The molecule has 0 bridgehead atoms. The minimum atomic E-state index is -0.475. The van der Waals surface area contributed by atoms with Gasteiger partial charge in [-0.2, -0.15) is 0 Å². The number of fused-ring (bicyclic) bond motifs is 3. The maximum absolute atomic E-state index is 13.5. The van der Waals surface area contributed by atoms with E-state index in [1.54, 1.807) is 38.1 Å². The van der Waals surface area contributed by atoms with Gasteiger partial charge in [0, 0.05) is 17.1 Å². The maximum Gasteiger partial charge on any atom is 0.341 e. The minimum absolute atomic E-state index is 0.107. The van der Waals surface area contributed by atoms with Gasteiger partial charge in [-0.1, -0.05) is 30.3 Å². The summed E-state index contributed by atoms with van der Waals surface area (Å²) in [6, 6.07) is 12.8. The standard InChI is InChI=1S/C25H23NO5S2/c1-4-30-18(27)14-32-25-21-20(23(33-25)22(28)16-9-7-6-8-10-16)19(24(29)31-5-2)17-13-15(3)11-12-26(17)21/h6-13H,4-5,14H2,1-3H3. The molecular formula is C25H23NO5S2. The third-order valence-corrected chi connectivity index (χ3v) is 7.47. The monoisotopic (exact) mass is 481 g/mol. The van der Waals surface area contributed by atoms with Crippen LogP contribution in [0.5, 0.6) is 0 Å². The number of aryl methyl sites for hydroxylation is 1. The van der Waals surface area contributed by atoms with Crippen molar-refractivity contribution >= 4 is 57.2 Å². The number of carbonyl (C=O) groups is 3. The molecule has 0 atom stereocenters. The van der Waals surface area contributed by atoms with Crippen molar-refractivity contribution in [3.8, 4) is 0 Å². The average Bonchev–Trinajstić information content (AvgIpc) is 3.33. The predicted octanol–water partition coefficient (Wildman–Crippen LogP) is 5.53. The zero-order chi connectivity index (χ0) is 23.5. The molecule has 0 aliphatic rings. The summed E-state index contributed by atoms with van der Waals surface area (Å²) in [5.41, 5.74) is 3.28. The fourth-order valence-electron chi connectivity index (χ4n) is 3.69. The van der Waals surface area contributed by atoms with Gasteiger partial charge in [-0.3, -0.25) is 9.59 Å². The molecule has 0 aliphatic carbocycles. The molecule has 0 amide bonds. The van der Waals surface area contributed by atoms with E-state index in [1.165, 1.54) is 23.1 Å². The second-order valence-corrected chi connectivity index (χ2v) is 9.55. The number of ketones is 1. The van der Waals surface area contributed by atoms with Crippen LogP contribution in [0.25, 0.3) is 16.4 Å². The molecule has 0 radical (unpaired) electrons. The Morgan fingerprint density at radius 2 is 1.76 bits per heavy atom. The molecule has 4 aromatic rings. The van der Waals surface area contributed by atoms with Crippen LogP contribution in [0.2, 0.25) is 0 Å². The summed E-state index contributed by atoms with van der Waals surface area (Å²) in [4.78, 5) is 39.1. The molecule has 0 unspecified atom stereocenters. The summed E-state index contributed by atoms with van der Waals surface area (Å²) >= 11 is 2.60. The van der Waals surface area contributed by atoms with Crippen LogP contribution in [0, 0.1) is 6.92 Å². The van der Waals surface area contributed by atoms with Crippen LogP contribution in [0.15, 0.2) is 52.9 Å². The third-order valence-electron chi connectivity index (χ3n) is 5.06. The lowest BCUT2D eigenvalue weighted by atomic mass is 10.1. The molecule has 3 heterocycles. The van der Waals surface area contributed by atoms with Crippen molar-refractivity contribution in [1.29, 1.82) is 0 Å². The molecule has 0 N–H and O–H groups in total. The van der Waals surface area contributed by atoms with Crippen molar-refractivity contribution in [2.24, 2.45) is 0 Å². The van der Waals surface area contributed by atoms with E-state index in [4.69, 9.17) is 9.47 Å². The number of esters is 2. The van der Waals surface area contributed by atoms with Gasteiger partial charge in [-0.15, -0.1) is 23.1 Å². The zero-order valence-corrected chi connectivity index (χ0v) is 20.2. The third kappa shape index (κ3) is 4.41. The molecule has 0 spiro atoms. The lowest BCUT2D eigenvalue weighted by Gasteiger charge is -2.05. The first kappa shape index (κ1) is 23.1. The predicted molar refractivity (Wildman–Crippen MR) is 131 cm³/mol. The van der Waals surface area contributed by atoms with E-state index in [0.717, 1.165) is 15.3 Å². The molecule has 0 saturated carbocycles. The SMILES string of the molecule is CCOC(=O)CSc1sc(C(=O)c2ccccc2)c2c(C(=O)OCC)c3cc(C)ccn3c12. The molecule has 33 heavy (non-hydrogen) atoms. The average molecular weight is 482 g/mol. The lowest BCUT2D eigenvalue weighted by molar-refractivity contribution is -0.139. The highest BCUT2D eigenvalue weighted by molar-refractivity contribution is 8.02. The molecule has 0 fully saturated rings. The van der Waals surface area contributed by atoms with Crippen molar-refractivity contribution in [3.63, 3.8) is 0 Å². The fourth-order valence-corrected chi connectivity index (χ4v) is 6.01. The number of benzene rings is 1. The first-order valence-corrected chi connectivity index (χ1v) is 12.4. The largest absolute Gasteiger partial charge is 0.465 e. The molecule has 170 valence electrons. The van der Waals surface area contributed by atoms with Crippen molar-refractivity contribution in [3.05, 3.63) is 70.2 Å². The van der Waals surface area contributed by atoms with Gasteiger partial charge < -0.3 is 13.9 Å². The van der Waals surface area contributed by atoms with Crippen molar-refractivity contribution in [2.75, 3.05) is 19.0 Å². The number of aromatic nitrogens is 1. The summed E-state index contributed by atoms with van der Waals surface area (Å²) in [7, 11) is 0. The Morgan fingerprint density at radius 3 is 2.45 bits per heavy atom. The second-order valence-electron chi connectivity index (χ2n) is 7.29. The van der Waals surface area contributed by atoms with Gasteiger partial charge in [0.05, 0.1) is 44.6 Å². The van der Waals surface area contributed by atoms with Crippen molar-refractivity contribution in [2.45, 2.75) is 25.0 Å². The molecule has 4 rings (SSSR count). The number of hydrogen-bond donors (Lipinski definition) is 0. The lowest BCUT2D eigenvalue weighted by Crippen LogP contribution is -2.06. The molecule has 3 aromatic heterocycles. The normalized spacial score (nSPS) is 11.1. The number of nitrogens with zero attached hydrogens (tertiary/aromatic N) is 1. The van der Waals surface area contributed by atoms with Gasteiger partial charge in [-0.25, -0.2) is 4.79 Å². The fraction of sp³-hybridized carbons (Fsp3) is 0.240. The van der Waals surface area contributed by atoms with Gasteiger partial charge in [0.15, 0.2) is 0 Å². The van der Waals surface area contributed by atoms with Crippen LogP contribution in [0.1, 0.15) is 45.0 Å². The van der Waals surface area contributed by atoms with Gasteiger partial charge in [-0.05, 0) is 38.5 Å². The first-order valence-electron chi connectivity index (χ1n) is 10.6. The number of thiophene rings is 1. The van der Waals surface area contributed by atoms with Gasteiger partial charge in [0.1, 0.15) is 0 Å². The summed E-state index contributed by atoms with van der Waals surface area (Å²) in [5.74, 6) is -0.873. The molecule has 1 aromatic carbocycles.